The summed E-state index contributed by atoms with van der Waals surface area (Å²) in [4.78, 5) is 0. The molecule has 4 aromatic rings. The van der Waals surface area contributed by atoms with Crippen LogP contribution in [0.3, 0.4) is 0 Å². The first-order chi connectivity index (χ1) is 29.7. The average Bonchev–Trinajstić information content (AvgIpc) is 3.26. The number of rotatable bonds is 23. The van der Waals surface area contributed by atoms with Crippen molar-refractivity contribution in [2.45, 2.75) is 167 Å². The molecule has 2 N–H and O–H groups in total. The number of ether oxygens (including phenoxy) is 1. The Bertz CT molecular complexity index is 1830. The molecule has 1 aliphatic heterocycles. The molecule has 5 nitrogen and oxygen atoms in total. The van der Waals surface area contributed by atoms with Gasteiger partial charge in [0.1, 0.15) is 6.10 Å². The van der Waals surface area contributed by atoms with Gasteiger partial charge in [0.05, 0.1) is 18.3 Å². The van der Waals surface area contributed by atoms with Gasteiger partial charge in [-0.3, -0.25) is 0 Å². The Morgan fingerprint density at radius 1 is 0.613 bits per heavy atom. The lowest BCUT2D eigenvalue weighted by atomic mass is 9.91. The van der Waals surface area contributed by atoms with Crippen LogP contribution in [0.5, 0.6) is 0 Å². The number of hydrogen-bond acceptors (Lipinski definition) is 5. The highest BCUT2D eigenvalue weighted by Gasteiger charge is 2.53. The van der Waals surface area contributed by atoms with Crippen molar-refractivity contribution in [3.05, 3.63) is 146 Å². The van der Waals surface area contributed by atoms with Crippen molar-refractivity contribution in [3.8, 4) is 0 Å². The van der Waals surface area contributed by atoms with Crippen molar-refractivity contribution >= 4 is 37.4 Å². The Hall–Kier alpha value is -3.41. The Morgan fingerprint density at radius 3 is 1.47 bits per heavy atom. The number of benzene rings is 4. The Kier molecular flexibility index (Phi) is 18.8. The number of aliphatic hydroxyl groups excluding tert-OH is 2. The van der Waals surface area contributed by atoms with E-state index in [-0.39, 0.29) is 22.1 Å². The molecule has 0 radical (unpaired) electrons. The third kappa shape index (κ3) is 12.4. The lowest BCUT2D eigenvalue weighted by Gasteiger charge is -2.47. The van der Waals surface area contributed by atoms with Crippen LogP contribution in [0.1, 0.15) is 126 Å². The standard InChI is InChI=1S/C55H78O5Si2/c1-9-10-11-12-13-14-15-16-29-40-50(59-61(54(3,4)5,45-31-21-17-22-32-45)46-33-23-18-24-34-46)44(2)49(56)39-30-41-51-52(42-43-53(57)58-51)60-62(55(6,7)8,47-35-25-19-26-36-47)48-37-27-20-28-38-48/h17-28,30-38,41-44,49-53,56-57H,9-16,29,39-40H2,1-8H3/b41-30+/t44-,49+,50+,51+,52+,53?/m1/s1. The van der Waals surface area contributed by atoms with Crippen LogP contribution < -0.4 is 20.7 Å². The second kappa shape index (κ2) is 23.5. The van der Waals surface area contributed by atoms with E-state index in [1.54, 1.807) is 6.08 Å². The van der Waals surface area contributed by atoms with Crippen molar-refractivity contribution in [2.24, 2.45) is 5.92 Å². The molecular weight excluding hydrogens is 797 g/mol. The zero-order valence-electron chi connectivity index (χ0n) is 39.2. The van der Waals surface area contributed by atoms with E-state index in [4.69, 9.17) is 13.6 Å². The van der Waals surface area contributed by atoms with E-state index in [0.29, 0.717) is 6.42 Å². The molecule has 0 saturated carbocycles. The lowest BCUT2D eigenvalue weighted by molar-refractivity contribution is -0.121. The predicted molar refractivity (Wildman–Crippen MR) is 266 cm³/mol. The Balaban J connectivity index is 1.41. The molecule has 62 heavy (non-hydrogen) atoms. The van der Waals surface area contributed by atoms with Gasteiger partial charge in [-0.25, -0.2) is 0 Å². The summed E-state index contributed by atoms with van der Waals surface area (Å²) in [6.45, 7) is 18.2. The summed E-state index contributed by atoms with van der Waals surface area (Å²) in [6.07, 6.45) is 17.4. The Labute approximate surface area is 377 Å². The fraction of sp³-hybridized carbons (Fsp3) is 0.491. The molecule has 0 amide bonds. The summed E-state index contributed by atoms with van der Waals surface area (Å²) in [6, 6.07) is 42.9. The molecule has 4 aromatic carbocycles. The van der Waals surface area contributed by atoms with E-state index in [1.165, 1.54) is 72.1 Å². The maximum Gasteiger partial charge on any atom is 0.262 e. The van der Waals surface area contributed by atoms with Crippen LogP contribution in [0.25, 0.3) is 0 Å². The Morgan fingerprint density at radius 2 is 1.03 bits per heavy atom. The minimum Gasteiger partial charge on any atom is -0.404 e. The minimum atomic E-state index is -2.93. The third-order valence-corrected chi connectivity index (χ3v) is 23.1. The molecule has 0 fully saturated rings. The van der Waals surface area contributed by atoms with Crippen molar-refractivity contribution < 1.29 is 23.8 Å². The molecule has 0 spiro atoms. The smallest absolute Gasteiger partial charge is 0.262 e. The van der Waals surface area contributed by atoms with Gasteiger partial charge in [0.25, 0.3) is 16.6 Å². The monoisotopic (exact) mass is 875 g/mol. The van der Waals surface area contributed by atoms with Crippen molar-refractivity contribution in [1.29, 1.82) is 0 Å². The predicted octanol–water partition coefficient (Wildman–Crippen LogP) is 11.0. The molecule has 0 aliphatic carbocycles. The summed E-state index contributed by atoms with van der Waals surface area (Å²) in [5, 5.41) is 27.4. The highest BCUT2D eigenvalue weighted by Crippen LogP contribution is 2.41. The van der Waals surface area contributed by atoms with E-state index in [1.807, 2.05) is 18.2 Å². The zero-order chi connectivity index (χ0) is 44.6. The quantitative estimate of drug-likeness (QED) is 0.0441. The van der Waals surface area contributed by atoms with E-state index in [2.05, 4.69) is 177 Å². The average molecular weight is 875 g/mol. The molecular formula is C55H78O5Si2. The van der Waals surface area contributed by atoms with Gasteiger partial charge in [0, 0.05) is 5.92 Å². The summed E-state index contributed by atoms with van der Waals surface area (Å²) in [5.41, 5.74) is 0. The van der Waals surface area contributed by atoms with Crippen molar-refractivity contribution in [3.63, 3.8) is 0 Å². The summed E-state index contributed by atoms with van der Waals surface area (Å²) in [5.74, 6) is -0.141. The number of hydrogen-bond donors (Lipinski definition) is 2. The normalized spacial score (nSPS) is 19.1. The summed E-state index contributed by atoms with van der Waals surface area (Å²) >= 11 is 0. The first-order valence-electron chi connectivity index (χ1n) is 23.7. The van der Waals surface area contributed by atoms with Gasteiger partial charge in [-0.1, -0.05) is 253 Å². The van der Waals surface area contributed by atoms with Gasteiger partial charge in [-0.2, -0.15) is 0 Å². The highest BCUT2D eigenvalue weighted by atomic mass is 28.4. The van der Waals surface area contributed by atoms with Gasteiger partial charge >= 0.3 is 0 Å². The molecule has 7 heteroatoms. The van der Waals surface area contributed by atoms with Crippen LogP contribution in [0, 0.1) is 5.92 Å². The SMILES string of the molecule is CCCCCCCCCCC[C@H](O[Si](c1ccccc1)(c1ccccc1)C(C)(C)C)[C@H](C)[C@@H](O)C/C=C/[C@@H]1OC(O)C=C[C@@H]1O[Si](c1ccccc1)(c1ccccc1)C(C)(C)C. The van der Waals surface area contributed by atoms with Gasteiger partial charge < -0.3 is 23.8 Å². The molecule has 0 bridgehead atoms. The van der Waals surface area contributed by atoms with Crippen LogP contribution >= 0.6 is 0 Å². The van der Waals surface area contributed by atoms with Gasteiger partial charge in [0.15, 0.2) is 6.29 Å². The fourth-order valence-electron chi connectivity index (χ4n) is 9.57. The van der Waals surface area contributed by atoms with Crippen molar-refractivity contribution in [2.75, 3.05) is 0 Å². The van der Waals surface area contributed by atoms with Gasteiger partial charge in [-0.15, -0.1) is 0 Å². The van der Waals surface area contributed by atoms with Crippen LogP contribution in [0.2, 0.25) is 10.1 Å². The van der Waals surface area contributed by atoms with E-state index in [0.717, 1.165) is 12.8 Å². The summed E-state index contributed by atoms with van der Waals surface area (Å²) < 4.78 is 21.5. The molecule has 5 rings (SSSR count). The zero-order valence-corrected chi connectivity index (χ0v) is 41.2. The summed E-state index contributed by atoms with van der Waals surface area (Å²) in [7, 11) is -5.81. The molecule has 0 saturated heterocycles. The van der Waals surface area contributed by atoms with Crippen LogP contribution in [0.15, 0.2) is 146 Å². The molecule has 1 unspecified atom stereocenters. The topological polar surface area (TPSA) is 68.2 Å². The van der Waals surface area contributed by atoms with Crippen LogP contribution in [0.4, 0.5) is 0 Å². The number of unbranched alkanes of at least 4 members (excludes halogenated alkanes) is 8. The lowest BCUT2D eigenvalue weighted by Crippen LogP contribution is -2.68. The van der Waals surface area contributed by atoms with Gasteiger partial charge in [0.2, 0.25) is 0 Å². The fourth-order valence-corrected chi connectivity index (χ4v) is 19.0. The molecule has 1 aliphatic rings. The maximum absolute atomic E-state index is 12.2. The second-order valence-electron chi connectivity index (χ2n) is 19.6. The van der Waals surface area contributed by atoms with E-state index >= 15 is 0 Å². The molecule has 336 valence electrons. The van der Waals surface area contributed by atoms with Gasteiger partial charge in [-0.05, 0) is 49.7 Å². The first-order valence-corrected chi connectivity index (χ1v) is 27.5. The third-order valence-electron chi connectivity index (χ3n) is 13.0. The van der Waals surface area contributed by atoms with Crippen molar-refractivity contribution in [1.82, 2.24) is 0 Å². The maximum atomic E-state index is 12.2. The van der Waals surface area contributed by atoms with Crippen LogP contribution in [-0.2, 0) is 13.6 Å². The van der Waals surface area contributed by atoms with E-state index in [9.17, 15) is 10.2 Å². The molecule has 6 atom stereocenters. The molecule has 0 aromatic heterocycles. The highest BCUT2D eigenvalue weighted by molar-refractivity contribution is 7.00. The van der Waals surface area contributed by atoms with Crippen LogP contribution in [-0.4, -0.2) is 57.6 Å². The first kappa shape index (κ1) is 49.6. The molecule has 1 heterocycles. The second-order valence-corrected chi connectivity index (χ2v) is 28.2. The van der Waals surface area contributed by atoms with E-state index < -0.39 is 41.2 Å². The minimum absolute atomic E-state index is 0.141. The largest absolute Gasteiger partial charge is 0.404 e. The number of aliphatic hydroxyl groups is 2.